The van der Waals surface area contributed by atoms with E-state index in [4.69, 9.17) is 4.84 Å². The average molecular weight is 470 g/mol. The maximum Gasteiger partial charge on any atom is 0.342 e. The van der Waals surface area contributed by atoms with Gasteiger partial charge in [-0.25, -0.2) is 18.3 Å². The quantitative estimate of drug-likeness (QED) is 0.426. The van der Waals surface area contributed by atoms with Crippen LogP contribution in [-0.2, 0) is 0 Å². The molecule has 0 radical (unpaired) electrons. The Morgan fingerprint density at radius 3 is 1.91 bits per heavy atom. The van der Waals surface area contributed by atoms with E-state index >= 15 is 0 Å². The molecule has 35 heavy (non-hydrogen) atoms. The molecular weight excluding hydrogens is 451 g/mol. The highest BCUT2D eigenvalue weighted by atomic mass is 19.1. The van der Waals surface area contributed by atoms with E-state index in [1.54, 1.807) is 60.7 Å². The van der Waals surface area contributed by atoms with Crippen LogP contribution < -0.4 is 27.0 Å². The lowest BCUT2D eigenvalue weighted by Gasteiger charge is -2.19. The van der Waals surface area contributed by atoms with Gasteiger partial charge in [-0.1, -0.05) is 36.4 Å². The van der Waals surface area contributed by atoms with Crippen LogP contribution in [0, 0.1) is 5.82 Å². The Hall–Kier alpha value is -4.92. The van der Waals surface area contributed by atoms with Crippen molar-refractivity contribution in [2.45, 2.75) is 0 Å². The van der Waals surface area contributed by atoms with Crippen molar-refractivity contribution in [2.75, 3.05) is 12.4 Å². The SMILES string of the molecule is COn1c(=O)cc(Nc2ccc(F)cc2)c2c(=O)n(-c3ccccc3)c(=O)n(-c3ccccc3)c21. The summed E-state index contributed by atoms with van der Waals surface area (Å²) in [5, 5.41) is 3.05. The fourth-order valence-electron chi connectivity index (χ4n) is 3.96. The molecule has 0 spiro atoms. The number of anilines is 2. The van der Waals surface area contributed by atoms with Crippen LogP contribution in [0.4, 0.5) is 15.8 Å². The van der Waals surface area contributed by atoms with Gasteiger partial charge >= 0.3 is 5.69 Å². The molecule has 174 valence electrons. The Labute approximate surface area is 197 Å². The summed E-state index contributed by atoms with van der Waals surface area (Å²) in [7, 11) is 1.27. The van der Waals surface area contributed by atoms with E-state index in [1.807, 2.05) is 0 Å². The number of fused-ring (bicyclic) bond motifs is 1. The molecule has 0 fully saturated rings. The van der Waals surface area contributed by atoms with Gasteiger partial charge < -0.3 is 10.2 Å². The Kier molecular flexibility index (Phi) is 5.50. The van der Waals surface area contributed by atoms with Crippen LogP contribution in [0.3, 0.4) is 0 Å². The zero-order chi connectivity index (χ0) is 24.5. The Morgan fingerprint density at radius 2 is 1.34 bits per heavy atom. The molecule has 8 nitrogen and oxygen atoms in total. The number of hydrogen-bond acceptors (Lipinski definition) is 5. The van der Waals surface area contributed by atoms with E-state index in [0.717, 1.165) is 9.30 Å². The number of para-hydroxylation sites is 2. The second-order valence-electron chi connectivity index (χ2n) is 7.63. The molecule has 3 aromatic carbocycles. The van der Waals surface area contributed by atoms with Gasteiger partial charge in [0.2, 0.25) is 0 Å². The summed E-state index contributed by atoms with van der Waals surface area (Å²) in [5.41, 5.74) is -0.602. The largest absolute Gasteiger partial charge is 0.412 e. The van der Waals surface area contributed by atoms with Crippen LogP contribution in [0.5, 0.6) is 0 Å². The van der Waals surface area contributed by atoms with Crippen LogP contribution in [0.2, 0.25) is 0 Å². The maximum absolute atomic E-state index is 13.9. The number of nitrogens with zero attached hydrogens (tertiary/aromatic N) is 3. The molecule has 0 aliphatic carbocycles. The molecule has 9 heteroatoms. The van der Waals surface area contributed by atoms with E-state index < -0.39 is 22.6 Å². The number of nitrogens with one attached hydrogen (secondary N) is 1. The molecule has 0 bridgehead atoms. The van der Waals surface area contributed by atoms with Crippen molar-refractivity contribution in [3.8, 4) is 11.4 Å². The van der Waals surface area contributed by atoms with Crippen molar-refractivity contribution < 1.29 is 9.23 Å². The number of rotatable bonds is 5. The van der Waals surface area contributed by atoms with Crippen LogP contribution in [-0.4, -0.2) is 21.0 Å². The van der Waals surface area contributed by atoms with Gasteiger partial charge in [0, 0.05) is 11.8 Å². The van der Waals surface area contributed by atoms with E-state index in [-0.39, 0.29) is 16.7 Å². The zero-order valence-electron chi connectivity index (χ0n) is 18.5. The van der Waals surface area contributed by atoms with Gasteiger partial charge in [-0.15, -0.1) is 4.73 Å². The van der Waals surface area contributed by atoms with E-state index in [0.29, 0.717) is 17.1 Å². The number of aromatic nitrogens is 3. The van der Waals surface area contributed by atoms with Crippen molar-refractivity contribution in [3.63, 3.8) is 0 Å². The maximum atomic E-state index is 13.9. The molecule has 0 saturated heterocycles. The predicted molar refractivity (Wildman–Crippen MR) is 132 cm³/mol. The summed E-state index contributed by atoms with van der Waals surface area (Å²) in [6.45, 7) is 0. The van der Waals surface area contributed by atoms with Crippen molar-refractivity contribution >= 4 is 22.4 Å². The smallest absolute Gasteiger partial charge is 0.342 e. The highest BCUT2D eigenvalue weighted by Gasteiger charge is 2.23. The molecule has 5 rings (SSSR count). The molecule has 5 aromatic rings. The first-order valence-corrected chi connectivity index (χ1v) is 10.7. The first kappa shape index (κ1) is 21.9. The van der Waals surface area contributed by atoms with Gasteiger partial charge in [-0.3, -0.25) is 9.59 Å². The third-order valence-corrected chi connectivity index (χ3v) is 5.50. The van der Waals surface area contributed by atoms with Gasteiger partial charge in [0.15, 0.2) is 5.65 Å². The molecule has 0 amide bonds. The Bertz CT molecular complexity index is 1710. The lowest BCUT2D eigenvalue weighted by atomic mass is 10.2. The van der Waals surface area contributed by atoms with Gasteiger partial charge in [0.05, 0.1) is 17.1 Å². The van der Waals surface area contributed by atoms with Crippen LogP contribution in [0.1, 0.15) is 0 Å². The van der Waals surface area contributed by atoms with Crippen molar-refractivity contribution in [3.05, 3.63) is 128 Å². The summed E-state index contributed by atoms with van der Waals surface area (Å²) in [6, 6.07) is 23.8. The van der Waals surface area contributed by atoms with Crippen molar-refractivity contribution in [2.24, 2.45) is 0 Å². The molecule has 2 heterocycles. The molecule has 0 aliphatic heterocycles. The monoisotopic (exact) mass is 470 g/mol. The molecule has 2 aromatic heterocycles. The molecule has 0 aliphatic rings. The summed E-state index contributed by atoms with van der Waals surface area (Å²) in [5.74, 6) is -0.431. The highest BCUT2D eigenvalue weighted by Crippen LogP contribution is 2.24. The lowest BCUT2D eigenvalue weighted by molar-refractivity contribution is 0.166. The first-order valence-electron chi connectivity index (χ1n) is 10.7. The highest BCUT2D eigenvalue weighted by molar-refractivity contribution is 5.91. The second kappa shape index (κ2) is 8.79. The first-order chi connectivity index (χ1) is 17.0. The minimum Gasteiger partial charge on any atom is -0.412 e. The third-order valence-electron chi connectivity index (χ3n) is 5.50. The molecule has 1 N–H and O–H groups in total. The number of hydrogen-bond donors (Lipinski definition) is 1. The van der Waals surface area contributed by atoms with Crippen molar-refractivity contribution in [1.29, 1.82) is 0 Å². The van der Waals surface area contributed by atoms with Crippen LogP contribution in [0.15, 0.2) is 105 Å². The topological polar surface area (TPSA) is 87.3 Å². The number of pyridine rings is 1. The van der Waals surface area contributed by atoms with E-state index in [9.17, 15) is 18.8 Å². The molecule has 0 atom stereocenters. The Balaban J connectivity index is 1.97. The van der Waals surface area contributed by atoms with Gasteiger partial charge in [0.25, 0.3) is 11.1 Å². The number of halogens is 1. The Morgan fingerprint density at radius 1 is 0.771 bits per heavy atom. The third kappa shape index (κ3) is 3.78. The van der Waals surface area contributed by atoms with Gasteiger partial charge in [-0.2, -0.15) is 0 Å². The van der Waals surface area contributed by atoms with Gasteiger partial charge in [0.1, 0.15) is 18.3 Å². The average Bonchev–Trinajstić information content (AvgIpc) is 2.87. The number of benzene rings is 3. The minimum absolute atomic E-state index is 0.0306. The predicted octanol–water partition coefficient (Wildman–Crippen LogP) is 3.24. The summed E-state index contributed by atoms with van der Waals surface area (Å²) >= 11 is 0. The molecular formula is C26H19FN4O4. The fourth-order valence-corrected chi connectivity index (χ4v) is 3.96. The second-order valence-corrected chi connectivity index (χ2v) is 7.63. The minimum atomic E-state index is -0.677. The normalized spacial score (nSPS) is 10.9. The van der Waals surface area contributed by atoms with E-state index in [1.165, 1.54) is 42.0 Å². The summed E-state index contributed by atoms with van der Waals surface area (Å²) in [4.78, 5) is 46.0. The van der Waals surface area contributed by atoms with Gasteiger partial charge in [-0.05, 0) is 48.5 Å². The van der Waals surface area contributed by atoms with Crippen LogP contribution >= 0.6 is 0 Å². The standard InChI is InChI=1S/C26H19FN4O4/c1-35-31-22(32)16-21(28-18-14-12-17(27)13-15-18)23-24(31)29(19-8-4-2-5-9-19)26(34)30(25(23)33)20-10-6-3-7-11-20/h2-16,28H,1H3. The lowest BCUT2D eigenvalue weighted by Crippen LogP contribution is -2.42. The van der Waals surface area contributed by atoms with Crippen molar-refractivity contribution in [1.82, 2.24) is 13.9 Å². The molecule has 0 saturated carbocycles. The summed E-state index contributed by atoms with van der Waals surface area (Å²) in [6.07, 6.45) is 0. The zero-order valence-corrected chi connectivity index (χ0v) is 18.5. The molecule has 0 unspecified atom stereocenters. The van der Waals surface area contributed by atoms with Crippen LogP contribution in [0.25, 0.3) is 22.4 Å². The summed E-state index contributed by atoms with van der Waals surface area (Å²) < 4.78 is 16.6. The van der Waals surface area contributed by atoms with E-state index in [2.05, 4.69) is 5.32 Å². The fraction of sp³-hybridized carbons (Fsp3) is 0.0385.